The van der Waals surface area contributed by atoms with Crippen molar-refractivity contribution in [1.29, 1.82) is 10.5 Å². The molecule has 6 N–H and O–H groups in total. The van der Waals surface area contributed by atoms with Gasteiger partial charge in [0.25, 0.3) is 0 Å². The van der Waals surface area contributed by atoms with Crippen molar-refractivity contribution in [3.63, 3.8) is 0 Å². The van der Waals surface area contributed by atoms with Crippen LogP contribution in [0, 0.1) is 35.8 Å². The summed E-state index contributed by atoms with van der Waals surface area (Å²) in [6.07, 6.45) is 7.70. The summed E-state index contributed by atoms with van der Waals surface area (Å²) in [5, 5.41) is 38.7. The second-order valence-electron chi connectivity index (χ2n) is 19.6. The zero-order chi connectivity index (χ0) is 53.3. The van der Waals surface area contributed by atoms with Crippen LogP contribution in [-0.2, 0) is 34.0 Å². The molecule has 6 aliphatic rings. The Bertz CT molecular complexity index is 3430. The van der Waals surface area contributed by atoms with E-state index >= 15 is 0 Å². The molecule has 77 heavy (non-hydrogen) atoms. The standard InChI is InChI=1S/C29H25N5O2.C21H22BrN3O2.C8H5BN2O2.CH4/c1-32-22-13-18(17-30)12-21(14-22)20-10-11-26-25(15-20)29(33-28(31)34(2)36-29)16-27(35-26)24-9-5-7-19-6-3-4-8-23(19)24;1-25-20(23)24-21(27-25)12-19(26-18-10-9-14(22)11-17(18)21)16-8-4-6-13-5-2-3-7-15(13)16;1-11-8-3-6(5-10)2-7(4-8)9(12)13;/h3-4,6,8,10-15,24,27H,5,7,9,16H2,2H3,(H2,31,33);2-3,5,7,9-11,16,19H,4,6,8,12H2,1H3,(H2,23,24);2-4,12-13H;1H4. The zero-order valence-electron chi connectivity index (χ0n) is 41.7. The van der Waals surface area contributed by atoms with E-state index in [1.165, 1.54) is 51.9 Å². The van der Waals surface area contributed by atoms with Gasteiger partial charge in [-0.15, -0.1) is 0 Å². The molecule has 16 nitrogen and oxygen atoms in total. The number of rotatable bonds is 4. The second-order valence-corrected chi connectivity index (χ2v) is 20.5. The van der Waals surface area contributed by atoms with Crippen LogP contribution in [0.1, 0.15) is 102 Å². The maximum absolute atomic E-state index is 9.44. The fourth-order valence-electron chi connectivity index (χ4n) is 11.3. The molecular formula is C59H56BBrN10O6. The van der Waals surface area contributed by atoms with Gasteiger partial charge in [0.05, 0.1) is 36.4 Å². The number of halogens is 1. The number of nitrogens with zero attached hydrogens (tertiary/aromatic N) is 8. The molecule has 6 aromatic carbocycles. The number of guanidine groups is 2. The molecule has 0 amide bonds. The smallest absolute Gasteiger partial charge is 0.487 e. The van der Waals surface area contributed by atoms with Gasteiger partial charge in [-0.3, -0.25) is 0 Å². The van der Waals surface area contributed by atoms with Gasteiger partial charge >= 0.3 is 7.12 Å². The molecule has 0 bridgehead atoms. The van der Waals surface area contributed by atoms with E-state index in [0.717, 1.165) is 64.6 Å². The number of benzene rings is 6. The monoisotopic (exact) mass is 1090 g/mol. The van der Waals surface area contributed by atoms with Gasteiger partial charge in [-0.05, 0) is 138 Å². The van der Waals surface area contributed by atoms with E-state index < -0.39 is 18.6 Å². The van der Waals surface area contributed by atoms with E-state index in [9.17, 15) is 5.26 Å². The molecule has 6 aromatic rings. The van der Waals surface area contributed by atoms with E-state index in [1.807, 2.05) is 42.5 Å². The van der Waals surface area contributed by atoms with E-state index in [0.29, 0.717) is 47.7 Å². The summed E-state index contributed by atoms with van der Waals surface area (Å²) in [6, 6.07) is 42.4. The van der Waals surface area contributed by atoms with Crippen molar-refractivity contribution < 1.29 is 29.2 Å². The molecule has 6 atom stereocenters. The minimum Gasteiger partial charge on any atom is -0.489 e. The quantitative estimate of drug-likeness (QED) is 0.0958. The topological polar surface area (TPSA) is 217 Å². The average molecular weight is 1090 g/mol. The van der Waals surface area contributed by atoms with Gasteiger partial charge in [0.1, 0.15) is 23.7 Å². The number of nitrogens with two attached hydrogens (primary N) is 2. The van der Waals surface area contributed by atoms with Gasteiger partial charge in [-0.1, -0.05) is 84.0 Å². The molecule has 4 aliphatic heterocycles. The molecule has 12 rings (SSSR count). The molecule has 4 heterocycles. The largest absolute Gasteiger partial charge is 0.489 e. The third kappa shape index (κ3) is 10.7. The SMILES string of the molecule is C.CN1OC2(CC(C3CCCc4ccccc43)Oc3ccc(Br)cc32)N=C1N.[C-]#[N+]c1cc(C#N)cc(-c2ccc3c(c2)C2(CC(C4CCCc5ccccc54)O3)N=C(N)N(C)O2)c1.[C-]#[N+]c1cc(C#N)cc(B(O)O)c1. The third-order valence-electron chi connectivity index (χ3n) is 14.8. The van der Waals surface area contributed by atoms with Crippen molar-refractivity contribution in [2.45, 2.75) is 94.3 Å². The lowest BCUT2D eigenvalue weighted by Gasteiger charge is -2.41. The third-order valence-corrected chi connectivity index (χ3v) is 15.3. The molecule has 0 saturated heterocycles. The Labute approximate surface area is 457 Å². The van der Waals surface area contributed by atoms with Gasteiger partial charge in [0, 0.05) is 54.4 Å². The van der Waals surface area contributed by atoms with Crippen molar-refractivity contribution in [1.82, 2.24) is 10.1 Å². The van der Waals surface area contributed by atoms with Crippen LogP contribution in [0.3, 0.4) is 0 Å². The van der Waals surface area contributed by atoms with Crippen LogP contribution in [-0.4, -0.2) is 65.5 Å². The summed E-state index contributed by atoms with van der Waals surface area (Å²) < 4.78 is 14.1. The van der Waals surface area contributed by atoms with E-state index in [4.69, 9.17) is 69.1 Å². The van der Waals surface area contributed by atoms with Crippen molar-refractivity contribution in [2.24, 2.45) is 21.5 Å². The second kappa shape index (κ2) is 22.2. The molecule has 0 saturated carbocycles. The van der Waals surface area contributed by atoms with Crippen LogP contribution in [0.25, 0.3) is 20.8 Å². The molecule has 2 spiro atoms. The fourth-order valence-corrected chi connectivity index (χ4v) is 11.7. The lowest BCUT2D eigenvalue weighted by molar-refractivity contribution is -0.192. The Kier molecular flexibility index (Phi) is 15.4. The maximum Gasteiger partial charge on any atom is 0.487 e. The van der Waals surface area contributed by atoms with Crippen LogP contribution in [0.15, 0.2) is 136 Å². The summed E-state index contributed by atoms with van der Waals surface area (Å²) in [6.45, 7) is 14.1. The first-order valence-electron chi connectivity index (χ1n) is 24.9. The first-order valence-corrected chi connectivity index (χ1v) is 25.7. The molecule has 0 aromatic heterocycles. The Hall–Kier alpha value is -8.20. The number of hydrogen-bond donors (Lipinski definition) is 4. The number of ether oxygens (including phenoxy) is 2. The Morgan fingerprint density at radius 1 is 0.662 bits per heavy atom. The minimum atomic E-state index is -1.64. The van der Waals surface area contributed by atoms with Crippen LogP contribution in [0.4, 0.5) is 11.4 Å². The van der Waals surface area contributed by atoms with E-state index in [2.05, 4.69) is 80.2 Å². The van der Waals surface area contributed by atoms with Crippen molar-refractivity contribution in [3.8, 4) is 34.8 Å². The molecule has 2 aliphatic carbocycles. The highest BCUT2D eigenvalue weighted by molar-refractivity contribution is 9.10. The Morgan fingerprint density at radius 2 is 1.16 bits per heavy atom. The molecule has 18 heteroatoms. The highest BCUT2D eigenvalue weighted by atomic mass is 79.9. The Morgan fingerprint density at radius 3 is 1.65 bits per heavy atom. The number of aryl methyl sites for hydroxylation is 2. The van der Waals surface area contributed by atoms with Gasteiger partial charge in [-0.25, -0.2) is 39.5 Å². The van der Waals surface area contributed by atoms with Crippen LogP contribution in [0.5, 0.6) is 11.5 Å². The fraction of sp³-hybridized carbons (Fsp3) is 0.288. The van der Waals surface area contributed by atoms with Crippen molar-refractivity contribution in [3.05, 3.63) is 193 Å². The average Bonchev–Trinajstić information content (AvgIpc) is 3.92. The lowest BCUT2D eigenvalue weighted by Crippen LogP contribution is -2.42. The predicted molar refractivity (Wildman–Crippen MR) is 298 cm³/mol. The van der Waals surface area contributed by atoms with Gasteiger partial charge < -0.3 is 31.0 Å². The number of fused-ring (bicyclic) bond motifs is 6. The normalized spacial score (nSPS) is 23.0. The molecular weight excluding hydrogens is 1040 g/mol. The van der Waals surface area contributed by atoms with Gasteiger partial charge in [0.15, 0.2) is 11.4 Å². The summed E-state index contributed by atoms with van der Waals surface area (Å²) in [5.41, 5.74) is 20.8. The summed E-state index contributed by atoms with van der Waals surface area (Å²) in [7, 11) is 1.91. The van der Waals surface area contributed by atoms with Gasteiger partial charge in [0.2, 0.25) is 23.4 Å². The number of hydroxylamine groups is 4. The summed E-state index contributed by atoms with van der Waals surface area (Å²) in [4.78, 5) is 28.7. The van der Waals surface area contributed by atoms with E-state index in [1.54, 1.807) is 37.4 Å². The summed E-state index contributed by atoms with van der Waals surface area (Å²) >= 11 is 3.56. The van der Waals surface area contributed by atoms with Crippen LogP contribution >= 0.6 is 15.9 Å². The number of aliphatic imine (C=N–C) groups is 2. The van der Waals surface area contributed by atoms with Crippen molar-refractivity contribution in [2.75, 3.05) is 14.1 Å². The van der Waals surface area contributed by atoms with Crippen molar-refractivity contribution >= 4 is 51.8 Å². The molecule has 0 radical (unpaired) electrons. The van der Waals surface area contributed by atoms with Crippen LogP contribution < -0.4 is 26.4 Å². The molecule has 0 fully saturated rings. The Balaban J connectivity index is 0.000000155. The highest BCUT2D eigenvalue weighted by Gasteiger charge is 2.52. The minimum absolute atomic E-state index is 0. The van der Waals surface area contributed by atoms with Gasteiger partial charge in [-0.2, -0.15) is 10.5 Å². The first-order chi connectivity index (χ1) is 36.7. The molecule has 6 unspecified atom stereocenters. The number of nitriles is 2. The van der Waals surface area contributed by atoms with E-state index in [-0.39, 0.29) is 42.3 Å². The number of hydrogen-bond acceptors (Lipinski definition) is 14. The summed E-state index contributed by atoms with van der Waals surface area (Å²) in [5.74, 6) is 2.81. The lowest BCUT2D eigenvalue weighted by atomic mass is 9.76. The van der Waals surface area contributed by atoms with Crippen LogP contribution in [0.2, 0.25) is 0 Å². The zero-order valence-corrected chi connectivity index (χ0v) is 43.3. The predicted octanol–water partition coefficient (Wildman–Crippen LogP) is 9.88. The highest BCUT2D eigenvalue weighted by Crippen LogP contribution is 2.53. The first kappa shape index (κ1) is 53.6. The molecule has 388 valence electrons. The maximum atomic E-state index is 9.44.